The number of halogens is 1. The highest BCUT2D eigenvalue weighted by atomic mass is 79.9. The summed E-state index contributed by atoms with van der Waals surface area (Å²) >= 11 is 3.43. The third-order valence-electron chi connectivity index (χ3n) is 4.78. The molecule has 0 aliphatic carbocycles. The summed E-state index contributed by atoms with van der Waals surface area (Å²) in [6.07, 6.45) is 4.68. The van der Waals surface area contributed by atoms with Crippen LogP contribution in [0.15, 0.2) is 57.9 Å². The minimum absolute atomic E-state index is 0.248. The zero-order valence-electron chi connectivity index (χ0n) is 16.2. The Morgan fingerprint density at radius 1 is 1.24 bits per heavy atom. The number of nitrogens with zero attached hydrogens (tertiary/aromatic N) is 2. The second-order valence-electron chi connectivity index (χ2n) is 6.84. The molecule has 3 rings (SSSR count). The number of ether oxygens (including phenoxy) is 1. The van der Waals surface area contributed by atoms with Crippen LogP contribution in [0.25, 0.3) is 11.8 Å². The van der Waals surface area contributed by atoms with Gasteiger partial charge in [-0.25, -0.2) is 0 Å². The van der Waals surface area contributed by atoms with Gasteiger partial charge < -0.3 is 9.64 Å². The third-order valence-corrected chi connectivity index (χ3v) is 5.27. The van der Waals surface area contributed by atoms with Crippen LogP contribution in [0.1, 0.15) is 25.3 Å². The minimum Gasteiger partial charge on any atom is -0.466 e. The molecular formula is C22H23BrN2O4. The quantitative estimate of drug-likeness (QED) is 0.508. The first kappa shape index (κ1) is 21.0. The van der Waals surface area contributed by atoms with E-state index < -0.39 is 0 Å². The van der Waals surface area contributed by atoms with Gasteiger partial charge in [-0.15, -0.1) is 0 Å². The van der Waals surface area contributed by atoms with Gasteiger partial charge in [-0.2, -0.15) is 0 Å². The number of carbonyl (C=O) groups is 2. The van der Waals surface area contributed by atoms with E-state index in [4.69, 9.17) is 4.74 Å². The summed E-state index contributed by atoms with van der Waals surface area (Å²) in [5.41, 5.74) is 0.747. The van der Waals surface area contributed by atoms with Gasteiger partial charge in [0, 0.05) is 29.8 Å². The molecule has 2 aromatic rings. The van der Waals surface area contributed by atoms with Crippen molar-refractivity contribution in [3.8, 4) is 0 Å². The fourth-order valence-corrected chi connectivity index (χ4v) is 3.81. The van der Waals surface area contributed by atoms with Crippen LogP contribution in [0, 0.1) is 5.92 Å². The number of benzene rings is 1. The normalized spacial score (nSPS) is 17.1. The summed E-state index contributed by atoms with van der Waals surface area (Å²) in [5, 5.41) is 0. The molecular weight excluding hydrogens is 436 g/mol. The molecule has 1 amide bonds. The van der Waals surface area contributed by atoms with Crippen LogP contribution in [0.5, 0.6) is 0 Å². The molecule has 1 saturated heterocycles. The number of piperidine rings is 1. The van der Waals surface area contributed by atoms with Crippen LogP contribution >= 0.6 is 15.9 Å². The first-order valence-electron chi connectivity index (χ1n) is 9.61. The van der Waals surface area contributed by atoms with Crippen molar-refractivity contribution in [1.82, 2.24) is 9.47 Å². The molecule has 1 aliphatic rings. The fourth-order valence-electron chi connectivity index (χ4n) is 3.39. The number of esters is 1. The van der Waals surface area contributed by atoms with Crippen LogP contribution in [0.2, 0.25) is 0 Å². The highest BCUT2D eigenvalue weighted by Gasteiger charge is 2.31. The number of pyridine rings is 1. The topological polar surface area (TPSA) is 68.6 Å². The van der Waals surface area contributed by atoms with Crippen LogP contribution in [0.4, 0.5) is 0 Å². The van der Waals surface area contributed by atoms with Gasteiger partial charge >= 0.3 is 5.97 Å². The number of carbonyl (C=O) groups excluding carboxylic acids is 2. The highest BCUT2D eigenvalue weighted by Crippen LogP contribution is 2.22. The Balaban J connectivity index is 1.96. The Kier molecular flexibility index (Phi) is 7.04. The van der Waals surface area contributed by atoms with Crippen molar-refractivity contribution in [3.05, 3.63) is 69.1 Å². The van der Waals surface area contributed by atoms with Gasteiger partial charge in [0.1, 0.15) is 5.70 Å². The molecule has 0 unspecified atom stereocenters. The van der Waals surface area contributed by atoms with Gasteiger partial charge in [-0.1, -0.05) is 34.1 Å². The van der Waals surface area contributed by atoms with E-state index in [2.05, 4.69) is 15.9 Å². The number of hydrogen-bond donors (Lipinski definition) is 0. The lowest BCUT2D eigenvalue weighted by atomic mass is 9.98. The minimum atomic E-state index is -0.340. The molecule has 29 heavy (non-hydrogen) atoms. The average molecular weight is 459 g/mol. The SMILES string of the molecule is CCOC(=O)[C@H]1CCCN(C(=O)/C(=C/c2cccc(Br)c2)n2ccccc2=O)C1. The predicted molar refractivity (Wildman–Crippen MR) is 115 cm³/mol. The van der Waals surface area contributed by atoms with Crippen molar-refractivity contribution in [1.29, 1.82) is 0 Å². The van der Waals surface area contributed by atoms with Crippen molar-refractivity contribution in [2.45, 2.75) is 19.8 Å². The Morgan fingerprint density at radius 3 is 2.79 bits per heavy atom. The Labute approximate surface area is 177 Å². The maximum Gasteiger partial charge on any atom is 0.310 e. The van der Waals surface area contributed by atoms with Crippen LogP contribution < -0.4 is 5.56 Å². The molecule has 1 fully saturated rings. The van der Waals surface area contributed by atoms with E-state index in [1.807, 2.05) is 24.3 Å². The van der Waals surface area contributed by atoms with Crippen molar-refractivity contribution in [2.75, 3.05) is 19.7 Å². The van der Waals surface area contributed by atoms with Crippen molar-refractivity contribution >= 4 is 39.6 Å². The molecule has 6 nitrogen and oxygen atoms in total. The number of aromatic nitrogens is 1. The molecule has 0 saturated carbocycles. The molecule has 1 aromatic carbocycles. The molecule has 0 spiro atoms. The summed E-state index contributed by atoms with van der Waals surface area (Å²) in [4.78, 5) is 39.6. The number of rotatable bonds is 5. The zero-order chi connectivity index (χ0) is 20.8. The standard InChI is InChI=1S/C22H23BrN2O4/c1-2-29-22(28)17-8-6-11-24(15-17)21(27)19(25-12-4-3-10-20(25)26)14-16-7-5-9-18(23)13-16/h3-5,7,9-10,12-14,17H,2,6,8,11,15H2,1H3/b19-14-/t17-/m0/s1. The van der Waals surface area contributed by atoms with Gasteiger partial charge in [0.2, 0.25) is 0 Å². The van der Waals surface area contributed by atoms with Crippen molar-refractivity contribution in [3.63, 3.8) is 0 Å². The fraction of sp³-hybridized carbons (Fsp3) is 0.318. The van der Waals surface area contributed by atoms with Crippen LogP contribution in [-0.4, -0.2) is 41.0 Å². The number of likely N-dealkylation sites (tertiary alicyclic amines) is 1. The Morgan fingerprint density at radius 2 is 2.07 bits per heavy atom. The first-order valence-corrected chi connectivity index (χ1v) is 10.4. The summed E-state index contributed by atoms with van der Waals surface area (Å²) in [7, 11) is 0. The van der Waals surface area contributed by atoms with Crippen LogP contribution in [0.3, 0.4) is 0 Å². The smallest absolute Gasteiger partial charge is 0.310 e. The molecule has 0 radical (unpaired) electrons. The highest BCUT2D eigenvalue weighted by molar-refractivity contribution is 9.10. The Bertz CT molecular complexity index is 983. The van der Waals surface area contributed by atoms with Gasteiger partial charge in [0.25, 0.3) is 11.5 Å². The molecule has 0 N–H and O–H groups in total. The molecule has 0 bridgehead atoms. The Hall–Kier alpha value is -2.67. The number of amides is 1. The zero-order valence-corrected chi connectivity index (χ0v) is 17.8. The predicted octanol–water partition coefficient (Wildman–Crippen LogP) is 3.41. The van der Waals surface area contributed by atoms with Gasteiger partial charge in [-0.3, -0.25) is 19.0 Å². The summed E-state index contributed by atoms with van der Waals surface area (Å²) < 4.78 is 7.35. The summed E-state index contributed by atoms with van der Waals surface area (Å²) in [6.45, 7) is 2.91. The molecule has 1 aromatic heterocycles. The van der Waals surface area contributed by atoms with Gasteiger partial charge in [-0.05, 0) is 49.6 Å². The van der Waals surface area contributed by atoms with E-state index in [0.717, 1.165) is 10.0 Å². The molecule has 7 heteroatoms. The second-order valence-corrected chi connectivity index (χ2v) is 7.75. The lowest BCUT2D eigenvalue weighted by Crippen LogP contribution is -2.44. The maximum absolute atomic E-state index is 13.4. The first-order chi connectivity index (χ1) is 14.0. The molecule has 1 aliphatic heterocycles. The number of hydrogen-bond acceptors (Lipinski definition) is 4. The van der Waals surface area contributed by atoms with E-state index in [0.29, 0.717) is 26.0 Å². The van der Waals surface area contributed by atoms with E-state index in [1.165, 1.54) is 10.6 Å². The lowest BCUT2D eigenvalue weighted by Gasteiger charge is -2.32. The average Bonchev–Trinajstić information content (AvgIpc) is 2.72. The van der Waals surface area contributed by atoms with Crippen molar-refractivity contribution in [2.24, 2.45) is 5.92 Å². The monoisotopic (exact) mass is 458 g/mol. The van der Waals surface area contributed by atoms with E-state index >= 15 is 0 Å². The molecule has 2 heterocycles. The second kappa shape index (κ2) is 9.69. The van der Waals surface area contributed by atoms with Gasteiger partial charge in [0.05, 0.1) is 12.5 Å². The largest absolute Gasteiger partial charge is 0.466 e. The molecule has 1 atom stereocenters. The van der Waals surface area contributed by atoms with E-state index in [9.17, 15) is 14.4 Å². The van der Waals surface area contributed by atoms with Crippen molar-refractivity contribution < 1.29 is 14.3 Å². The maximum atomic E-state index is 13.4. The van der Waals surface area contributed by atoms with Crippen LogP contribution in [-0.2, 0) is 14.3 Å². The van der Waals surface area contributed by atoms with E-state index in [-0.39, 0.29) is 35.6 Å². The third kappa shape index (κ3) is 5.23. The summed E-state index contributed by atoms with van der Waals surface area (Å²) in [5.74, 6) is -0.904. The molecule has 152 valence electrons. The van der Waals surface area contributed by atoms with E-state index in [1.54, 1.807) is 36.2 Å². The lowest BCUT2D eigenvalue weighted by molar-refractivity contribution is -0.150. The van der Waals surface area contributed by atoms with Gasteiger partial charge in [0.15, 0.2) is 0 Å². The summed E-state index contributed by atoms with van der Waals surface area (Å²) in [6, 6.07) is 12.3.